The van der Waals surface area contributed by atoms with Gasteiger partial charge in [0.15, 0.2) is 0 Å². The standard InChI is InChI=1S/C17H14N2OS/c20-17(14-8-3-1-4-9-14)18-19(16-12-7-13-21-16)15-10-5-2-6-11-15/h1-13H,(H,18,20). The van der Waals surface area contributed by atoms with Crippen LogP contribution < -0.4 is 10.4 Å². The Morgan fingerprint density at radius 3 is 2.14 bits per heavy atom. The van der Waals surface area contributed by atoms with E-state index < -0.39 is 0 Å². The summed E-state index contributed by atoms with van der Waals surface area (Å²) in [4.78, 5) is 12.4. The number of hydrogen-bond donors (Lipinski definition) is 1. The first-order chi connectivity index (χ1) is 10.3. The zero-order valence-corrected chi connectivity index (χ0v) is 12.1. The normalized spacial score (nSPS) is 10.1. The van der Waals surface area contributed by atoms with Crippen LogP contribution in [0.15, 0.2) is 78.2 Å². The molecule has 0 spiro atoms. The molecule has 2 aromatic carbocycles. The van der Waals surface area contributed by atoms with Gasteiger partial charge < -0.3 is 0 Å². The molecule has 0 saturated heterocycles. The molecule has 1 N–H and O–H groups in total. The zero-order chi connectivity index (χ0) is 14.5. The average Bonchev–Trinajstić information content (AvgIpc) is 3.08. The lowest BCUT2D eigenvalue weighted by Crippen LogP contribution is -2.38. The molecule has 0 aliphatic rings. The lowest BCUT2D eigenvalue weighted by Gasteiger charge is -2.23. The van der Waals surface area contributed by atoms with Crippen molar-refractivity contribution in [2.75, 3.05) is 5.01 Å². The molecule has 104 valence electrons. The monoisotopic (exact) mass is 294 g/mol. The van der Waals surface area contributed by atoms with Gasteiger partial charge in [0, 0.05) is 5.56 Å². The molecule has 0 bridgehead atoms. The van der Waals surface area contributed by atoms with Crippen molar-refractivity contribution in [1.29, 1.82) is 0 Å². The second kappa shape index (κ2) is 6.24. The molecule has 0 aliphatic heterocycles. The van der Waals surface area contributed by atoms with Crippen molar-refractivity contribution in [1.82, 2.24) is 5.43 Å². The minimum atomic E-state index is -0.132. The van der Waals surface area contributed by atoms with Crippen LogP contribution in [-0.4, -0.2) is 5.91 Å². The molecule has 0 radical (unpaired) electrons. The number of hydrazine groups is 1. The number of anilines is 2. The maximum Gasteiger partial charge on any atom is 0.270 e. The lowest BCUT2D eigenvalue weighted by molar-refractivity contribution is 0.0954. The van der Waals surface area contributed by atoms with Gasteiger partial charge in [-0.25, -0.2) is 5.01 Å². The first kappa shape index (κ1) is 13.4. The predicted octanol–water partition coefficient (Wildman–Crippen LogP) is 4.23. The minimum Gasteiger partial charge on any atom is -0.267 e. The van der Waals surface area contributed by atoms with Gasteiger partial charge in [0.05, 0.1) is 5.69 Å². The van der Waals surface area contributed by atoms with Crippen molar-refractivity contribution in [3.05, 3.63) is 83.7 Å². The van der Waals surface area contributed by atoms with E-state index in [0.717, 1.165) is 10.7 Å². The number of benzene rings is 2. The van der Waals surface area contributed by atoms with Gasteiger partial charge in [-0.15, -0.1) is 11.3 Å². The van der Waals surface area contributed by atoms with Crippen molar-refractivity contribution < 1.29 is 4.79 Å². The molecular formula is C17H14N2OS. The predicted molar refractivity (Wildman–Crippen MR) is 86.8 cm³/mol. The van der Waals surface area contributed by atoms with Crippen LogP contribution in [0.1, 0.15) is 10.4 Å². The molecule has 0 aliphatic carbocycles. The Hall–Kier alpha value is -2.59. The van der Waals surface area contributed by atoms with E-state index in [0.29, 0.717) is 5.56 Å². The molecule has 1 heterocycles. The molecule has 0 atom stereocenters. The van der Waals surface area contributed by atoms with Crippen LogP contribution in [0.25, 0.3) is 0 Å². The quantitative estimate of drug-likeness (QED) is 0.730. The van der Waals surface area contributed by atoms with E-state index in [1.807, 2.05) is 66.0 Å². The third kappa shape index (κ3) is 3.12. The maximum absolute atomic E-state index is 12.4. The second-order valence-electron chi connectivity index (χ2n) is 4.43. The smallest absolute Gasteiger partial charge is 0.267 e. The number of rotatable bonds is 4. The minimum absolute atomic E-state index is 0.132. The Morgan fingerprint density at radius 1 is 0.857 bits per heavy atom. The number of hydrogen-bond acceptors (Lipinski definition) is 3. The van der Waals surface area contributed by atoms with Gasteiger partial charge in [-0.2, -0.15) is 0 Å². The van der Waals surface area contributed by atoms with Crippen LogP contribution in [0, 0.1) is 0 Å². The number of nitrogens with zero attached hydrogens (tertiary/aromatic N) is 1. The summed E-state index contributed by atoms with van der Waals surface area (Å²) in [6.07, 6.45) is 0. The van der Waals surface area contributed by atoms with E-state index in [2.05, 4.69) is 5.43 Å². The van der Waals surface area contributed by atoms with Gasteiger partial charge in [-0.1, -0.05) is 36.4 Å². The molecule has 0 fully saturated rings. The SMILES string of the molecule is O=C(NN(c1ccccc1)c1cccs1)c1ccccc1. The van der Waals surface area contributed by atoms with Crippen molar-refractivity contribution in [2.24, 2.45) is 0 Å². The van der Waals surface area contributed by atoms with Crippen LogP contribution in [0.4, 0.5) is 10.7 Å². The molecule has 1 aromatic heterocycles. The van der Waals surface area contributed by atoms with Crippen molar-refractivity contribution in [2.45, 2.75) is 0 Å². The van der Waals surface area contributed by atoms with E-state index in [9.17, 15) is 4.79 Å². The van der Waals surface area contributed by atoms with Crippen LogP contribution in [-0.2, 0) is 0 Å². The summed E-state index contributed by atoms with van der Waals surface area (Å²) in [6.45, 7) is 0. The zero-order valence-electron chi connectivity index (χ0n) is 11.3. The first-order valence-electron chi connectivity index (χ1n) is 6.59. The number of carbonyl (C=O) groups excluding carboxylic acids is 1. The third-order valence-corrected chi connectivity index (χ3v) is 3.84. The number of carbonyl (C=O) groups is 1. The summed E-state index contributed by atoms with van der Waals surface area (Å²) in [6, 6.07) is 22.9. The van der Waals surface area contributed by atoms with Gasteiger partial charge in [-0.3, -0.25) is 10.2 Å². The van der Waals surface area contributed by atoms with Crippen molar-refractivity contribution in [3.63, 3.8) is 0 Å². The van der Waals surface area contributed by atoms with Crippen LogP contribution in [0.2, 0.25) is 0 Å². The van der Waals surface area contributed by atoms with Gasteiger partial charge in [0.1, 0.15) is 5.00 Å². The number of thiophene rings is 1. The molecule has 3 nitrogen and oxygen atoms in total. The molecule has 3 aromatic rings. The van der Waals surface area contributed by atoms with Crippen molar-refractivity contribution in [3.8, 4) is 0 Å². The highest BCUT2D eigenvalue weighted by Gasteiger charge is 2.14. The fourth-order valence-corrected chi connectivity index (χ4v) is 2.69. The van der Waals surface area contributed by atoms with Crippen molar-refractivity contribution >= 4 is 27.9 Å². The Balaban J connectivity index is 1.89. The van der Waals surface area contributed by atoms with E-state index in [-0.39, 0.29) is 5.91 Å². The highest BCUT2D eigenvalue weighted by molar-refractivity contribution is 7.14. The fraction of sp³-hybridized carbons (Fsp3) is 0. The molecule has 0 saturated carbocycles. The Kier molecular flexibility index (Phi) is 3.98. The molecule has 0 unspecified atom stereocenters. The van der Waals surface area contributed by atoms with E-state index >= 15 is 0 Å². The average molecular weight is 294 g/mol. The van der Waals surface area contributed by atoms with Gasteiger partial charge in [0.2, 0.25) is 0 Å². The third-order valence-electron chi connectivity index (χ3n) is 2.99. The highest BCUT2D eigenvalue weighted by atomic mass is 32.1. The molecule has 1 amide bonds. The van der Waals surface area contributed by atoms with E-state index in [1.54, 1.807) is 28.5 Å². The van der Waals surface area contributed by atoms with Crippen LogP contribution in [0.5, 0.6) is 0 Å². The lowest BCUT2D eigenvalue weighted by atomic mass is 10.2. The van der Waals surface area contributed by atoms with E-state index in [4.69, 9.17) is 0 Å². The van der Waals surface area contributed by atoms with Crippen LogP contribution >= 0.6 is 11.3 Å². The number of amides is 1. The summed E-state index contributed by atoms with van der Waals surface area (Å²) < 4.78 is 0. The molecule has 21 heavy (non-hydrogen) atoms. The number of para-hydroxylation sites is 1. The van der Waals surface area contributed by atoms with Crippen LogP contribution in [0.3, 0.4) is 0 Å². The maximum atomic E-state index is 12.4. The summed E-state index contributed by atoms with van der Waals surface area (Å²) >= 11 is 1.57. The first-order valence-corrected chi connectivity index (χ1v) is 7.47. The Morgan fingerprint density at radius 2 is 1.52 bits per heavy atom. The highest BCUT2D eigenvalue weighted by Crippen LogP contribution is 2.27. The topological polar surface area (TPSA) is 32.3 Å². The summed E-state index contributed by atoms with van der Waals surface area (Å²) in [5.74, 6) is -0.132. The summed E-state index contributed by atoms with van der Waals surface area (Å²) in [7, 11) is 0. The Labute approximate surface area is 127 Å². The summed E-state index contributed by atoms with van der Waals surface area (Å²) in [5.41, 5.74) is 4.51. The summed E-state index contributed by atoms with van der Waals surface area (Å²) in [5, 5.41) is 4.76. The molecular weight excluding hydrogens is 280 g/mol. The van der Waals surface area contributed by atoms with Gasteiger partial charge in [0.25, 0.3) is 5.91 Å². The largest absolute Gasteiger partial charge is 0.270 e. The molecule has 3 rings (SSSR count). The van der Waals surface area contributed by atoms with E-state index in [1.165, 1.54) is 0 Å². The number of nitrogens with one attached hydrogen (secondary N) is 1. The fourth-order valence-electron chi connectivity index (χ4n) is 1.98. The van der Waals surface area contributed by atoms with Gasteiger partial charge in [-0.05, 0) is 41.8 Å². The Bertz CT molecular complexity index is 696. The second-order valence-corrected chi connectivity index (χ2v) is 5.36. The molecule has 4 heteroatoms. The van der Waals surface area contributed by atoms with Gasteiger partial charge >= 0.3 is 0 Å².